The lowest BCUT2D eigenvalue weighted by Crippen LogP contribution is -2.55. The van der Waals surface area contributed by atoms with Crippen molar-refractivity contribution in [3.63, 3.8) is 0 Å². The number of halogens is 1. The topological polar surface area (TPSA) is 122 Å². The number of hydrogen-bond acceptors (Lipinski definition) is 6. The highest BCUT2D eigenvalue weighted by Crippen LogP contribution is 2.28. The van der Waals surface area contributed by atoms with Crippen LogP contribution in [0.1, 0.15) is 56.9 Å². The van der Waals surface area contributed by atoms with Crippen LogP contribution in [0.4, 0.5) is 4.39 Å². The van der Waals surface area contributed by atoms with E-state index in [1.165, 1.54) is 15.9 Å². The van der Waals surface area contributed by atoms with E-state index >= 15 is 0 Å². The zero-order valence-electron chi connectivity index (χ0n) is 25.6. The molecule has 0 radical (unpaired) electrons. The van der Waals surface area contributed by atoms with Gasteiger partial charge in [0.25, 0.3) is 0 Å². The van der Waals surface area contributed by atoms with Crippen LogP contribution in [0.15, 0.2) is 43.0 Å². The predicted octanol–water partition coefficient (Wildman–Crippen LogP) is 2.42. The summed E-state index contributed by atoms with van der Waals surface area (Å²) in [7, 11) is 3.22. The Morgan fingerprint density at radius 1 is 1.09 bits per heavy atom. The Kier molecular flexibility index (Phi) is 16.0. The molecular formula is C33H49FN4O5. The maximum Gasteiger partial charge on any atom is 0.243 e. The number of rotatable bonds is 18. The minimum absolute atomic E-state index is 0.102. The number of nitrogens with one attached hydrogen (secondary N) is 2. The zero-order chi connectivity index (χ0) is 31.8. The number of nitrogens with zero attached hydrogens (tertiary/aromatic N) is 2. The summed E-state index contributed by atoms with van der Waals surface area (Å²) in [6, 6.07) is 7.39. The molecule has 0 bridgehead atoms. The quantitative estimate of drug-likeness (QED) is 0.117. The molecule has 1 fully saturated rings. The molecule has 0 spiro atoms. The zero-order valence-corrected chi connectivity index (χ0v) is 25.6. The third-order valence-corrected chi connectivity index (χ3v) is 8.16. The number of aliphatic hydroxyl groups is 2. The lowest BCUT2D eigenvalue weighted by molar-refractivity contribution is -0.136. The smallest absolute Gasteiger partial charge is 0.243 e. The number of alkyl halides is 1. The van der Waals surface area contributed by atoms with Crippen LogP contribution in [0, 0.1) is 24.2 Å². The fourth-order valence-electron chi connectivity index (χ4n) is 5.37. The number of terminal acetylenes is 1. The molecule has 4 N–H and O–H groups in total. The Morgan fingerprint density at radius 3 is 2.37 bits per heavy atom. The Balaban J connectivity index is 2.19. The van der Waals surface area contributed by atoms with E-state index in [0.717, 1.165) is 37.7 Å². The molecule has 5 atom stereocenters. The molecule has 0 aromatic heterocycles. The summed E-state index contributed by atoms with van der Waals surface area (Å²) in [5.41, 5.74) is 0.849. The van der Waals surface area contributed by atoms with Gasteiger partial charge in [-0.25, -0.2) is 4.39 Å². The first-order valence-electron chi connectivity index (χ1n) is 15.1. The van der Waals surface area contributed by atoms with E-state index in [4.69, 9.17) is 6.42 Å². The maximum atomic E-state index is 13.6. The highest BCUT2D eigenvalue weighted by molar-refractivity contribution is 5.91. The lowest BCUT2D eigenvalue weighted by Gasteiger charge is -2.32. The van der Waals surface area contributed by atoms with Gasteiger partial charge in [0, 0.05) is 33.0 Å². The van der Waals surface area contributed by atoms with Crippen molar-refractivity contribution in [2.75, 3.05) is 34.0 Å². The standard InChI is InChI=1S/C33H49FN4O5/c1-5-13-27(33(43)36-28(31(41)29(39)6-2)21-25-16-11-8-12-17-25)35-32(42)26(20-24-14-9-7-10-15-24)22-30(40)38(4)19-18-37(3)23-34/h1,6-7,9-10,14-15,25-29,31,39,41H,2,8,11-13,16-23H2,3-4H3,(H,35,42)(H,36,43)/t26?,27-,28?,29?,31?/m0/s1. The van der Waals surface area contributed by atoms with Crippen molar-refractivity contribution in [3.8, 4) is 12.3 Å². The average Bonchev–Trinajstić information content (AvgIpc) is 3.02. The third kappa shape index (κ3) is 12.5. The van der Waals surface area contributed by atoms with E-state index in [2.05, 4.69) is 23.1 Å². The van der Waals surface area contributed by atoms with Gasteiger partial charge in [-0.3, -0.25) is 19.3 Å². The summed E-state index contributed by atoms with van der Waals surface area (Å²) in [6.07, 6.45) is 10.0. The number of amides is 3. The SMILES string of the molecule is C#CC[C@H](NC(=O)C(CC(=O)N(C)CCN(C)CF)Cc1ccccc1)C(=O)NC(CC1CCCCC1)C(O)C(O)C=C. The van der Waals surface area contributed by atoms with Gasteiger partial charge in [-0.2, -0.15) is 0 Å². The molecular weight excluding hydrogens is 551 g/mol. The minimum Gasteiger partial charge on any atom is -0.388 e. The van der Waals surface area contributed by atoms with Crippen LogP contribution in [-0.4, -0.2) is 96.0 Å². The van der Waals surface area contributed by atoms with Crippen molar-refractivity contribution in [1.29, 1.82) is 0 Å². The molecule has 1 aromatic rings. The number of hydrogen-bond donors (Lipinski definition) is 4. The van der Waals surface area contributed by atoms with Crippen LogP contribution in [0.2, 0.25) is 0 Å². The number of carbonyl (C=O) groups excluding carboxylic acids is 3. The number of carbonyl (C=O) groups is 3. The molecule has 238 valence electrons. The molecule has 1 aromatic carbocycles. The van der Waals surface area contributed by atoms with Crippen molar-refractivity contribution in [2.24, 2.45) is 11.8 Å². The largest absolute Gasteiger partial charge is 0.388 e. The summed E-state index contributed by atoms with van der Waals surface area (Å²) < 4.78 is 12.8. The molecule has 0 heterocycles. The van der Waals surface area contributed by atoms with Crippen LogP contribution in [0.5, 0.6) is 0 Å². The first-order valence-corrected chi connectivity index (χ1v) is 15.1. The van der Waals surface area contributed by atoms with E-state index in [0.29, 0.717) is 19.5 Å². The van der Waals surface area contributed by atoms with Gasteiger partial charge in [0.2, 0.25) is 17.7 Å². The highest BCUT2D eigenvalue weighted by Gasteiger charge is 2.33. The van der Waals surface area contributed by atoms with E-state index in [1.54, 1.807) is 14.1 Å². The summed E-state index contributed by atoms with van der Waals surface area (Å²) >= 11 is 0. The van der Waals surface area contributed by atoms with E-state index in [9.17, 15) is 29.0 Å². The summed E-state index contributed by atoms with van der Waals surface area (Å²) in [5, 5.41) is 26.7. The molecule has 0 aliphatic heterocycles. The summed E-state index contributed by atoms with van der Waals surface area (Å²) in [4.78, 5) is 43.0. The lowest BCUT2D eigenvalue weighted by atomic mass is 9.83. The van der Waals surface area contributed by atoms with Crippen molar-refractivity contribution >= 4 is 17.7 Å². The summed E-state index contributed by atoms with van der Waals surface area (Å²) in [5.74, 6) is 0.574. The molecule has 1 saturated carbocycles. The van der Waals surface area contributed by atoms with Crippen molar-refractivity contribution < 1.29 is 29.0 Å². The molecule has 43 heavy (non-hydrogen) atoms. The molecule has 4 unspecified atom stereocenters. The van der Waals surface area contributed by atoms with Gasteiger partial charge in [0.1, 0.15) is 18.9 Å². The Bertz CT molecular complexity index is 1060. The van der Waals surface area contributed by atoms with Gasteiger partial charge in [0.05, 0.1) is 18.1 Å². The summed E-state index contributed by atoms with van der Waals surface area (Å²) in [6.45, 7) is 3.55. The fraction of sp³-hybridized carbons (Fsp3) is 0.606. The molecule has 3 amide bonds. The highest BCUT2D eigenvalue weighted by atomic mass is 19.1. The monoisotopic (exact) mass is 600 g/mol. The number of aliphatic hydroxyl groups excluding tert-OH is 2. The van der Waals surface area contributed by atoms with E-state index in [-0.39, 0.29) is 31.1 Å². The minimum atomic E-state index is -1.28. The number of benzene rings is 1. The molecule has 1 aliphatic carbocycles. The van der Waals surface area contributed by atoms with Crippen LogP contribution >= 0.6 is 0 Å². The maximum absolute atomic E-state index is 13.6. The van der Waals surface area contributed by atoms with Crippen LogP contribution in [0.25, 0.3) is 0 Å². The van der Waals surface area contributed by atoms with Gasteiger partial charge in [-0.1, -0.05) is 68.5 Å². The average molecular weight is 601 g/mol. The Morgan fingerprint density at radius 2 is 1.77 bits per heavy atom. The fourth-order valence-corrected chi connectivity index (χ4v) is 5.37. The second-order valence-electron chi connectivity index (χ2n) is 11.6. The normalized spacial score (nSPS) is 17.1. The second kappa shape index (κ2) is 19.1. The van der Waals surface area contributed by atoms with Crippen molar-refractivity contribution in [1.82, 2.24) is 20.4 Å². The van der Waals surface area contributed by atoms with Crippen LogP contribution < -0.4 is 10.6 Å². The van der Waals surface area contributed by atoms with Gasteiger partial charge in [-0.15, -0.1) is 18.9 Å². The molecule has 9 nitrogen and oxygen atoms in total. The molecule has 10 heteroatoms. The second-order valence-corrected chi connectivity index (χ2v) is 11.6. The molecule has 0 saturated heterocycles. The van der Waals surface area contributed by atoms with Crippen molar-refractivity contribution in [3.05, 3.63) is 48.6 Å². The van der Waals surface area contributed by atoms with Crippen LogP contribution in [0.3, 0.4) is 0 Å². The third-order valence-electron chi connectivity index (χ3n) is 8.16. The number of likely N-dealkylation sites (N-methyl/N-ethyl adjacent to an activating group) is 2. The molecule has 1 aliphatic rings. The predicted molar refractivity (Wildman–Crippen MR) is 165 cm³/mol. The molecule has 2 rings (SSSR count). The first kappa shape index (κ1) is 35.9. The van der Waals surface area contributed by atoms with Crippen molar-refractivity contribution in [2.45, 2.75) is 82.1 Å². The van der Waals surface area contributed by atoms with Gasteiger partial charge in [-0.05, 0) is 31.4 Å². The first-order chi connectivity index (χ1) is 20.6. The van der Waals surface area contributed by atoms with E-state index < -0.39 is 48.8 Å². The Hall–Kier alpha value is -3.26. The Labute approximate surface area is 255 Å². The van der Waals surface area contributed by atoms with Gasteiger partial charge < -0.3 is 25.7 Å². The van der Waals surface area contributed by atoms with E-state index in [1.807, 2.05) is 30.3 Å². The van der Waals surface area contributed by atoms with Gasteiger partial charge in [0.15, 0.2) is 0 Å². The van der Waals surface area contributed by atoms with Crippen LogP contribution in [-0.2, 0) is 20.8 Å². The van der Waals surface area contributed by atoms with Gasteiger partial charge >= 0.3 is 0 Å².